The number of nitrogens with zero attached hydrogens (tertiary/aromatic N) is 3. The van der Waals surface area contributed by atoms with E-state index in [1.807, 2.05) is 17.0 Å². The summed E-state index contributed by atoms with van der Waals surface area (Å²) < 4.78 is 1.91. The minimum atomic E-state index is -0.0958. The Kier molecular flexibility index (Phi) is 4.07. The van der Waals surface area contributed by atoms with Crippen molar-refractivity contribution in [2.24, 2.45) is 0 Å². The minimum absolute atomic E-state index is 0.0958. The molecule has 110 valence electrons. The summed E-state index contributed by atoms with van der Waals surface area (Å²) in [6.45, 7) is 1.56. The molecular formula is C14H15ClN4OS. The molecule has 1 aromatic heterocycles. The van der Waals surface area contributed by atoms with Crippen molar-refractivity contribution >= 4 is 29.7 Å². The van der Waals surface area contributed by atoms with Crippen molar-refractivity contribution in [1.82, 2.24) is 19.7 Å². The number of benzene rings is 1. The quantitative estimate of drug-likeness (QED) is 0.864. The lowest BCUT2D eigenvalue weighted by atomic mass is 10.1. The van der Waals surface area contributed by atoms with Crippen LogP contribution in [0.25, 0.3) is 5.69 Å². The number of carbonyl (C=O) groups is 1. The zero-order chi connectivity index (χ0) is 14.8. The summed E-state index contributed by atoms with van der Waals surface area (Å²) in [6.07, 6.45) is 3.26. The molecule has 1 aliphatic rings. The highest BCUT2D eigenvalue weighted by atomic mass is 35.5. The Bertz CT molecular complexity index is 718. The maximum Gasteiger partial charge on any atom is 0.291 e. The van der Waals surface area contributed by atoms with Crippen LogP contribution in [0, 0.1) is 4.77 Å². The van der Waals surface area contributed by atoms with Crippen molar-refractivity contribution in [3.05, 3.63) is 39.9 Å². The number of piperidine rings is 1. The Balaban J connectivity index is 1.90. The van der Waals surface area contributed by atoms with Crippen LogP contribution in [0.4, 0.5) is 0 Å². The summed E-state index contributed by atoms with van der Waals surface area (Å²) in [5.74, 6) is 0.184. The van der Waals surface area contributed by atoms with E-state index >= 15 is 0 Å². The number of amides is 1. The molecule has 7 heteroatoms. The zero-order valence-corrected chi connectivity index (χ0v) is 13.0. The standard InChI is InChI=1S/C14H15ClN4OS/c15-10-5-4-6-11(9-10)19-14(21)16-12(17-19)13(20)18-7-2-1-3-8-18/h4-6,9H,1-3,7-8H2,(H,16,17,21). The van der Waals surface area contributed by atoms with E-state index in [0.717, 1.165) is 31.6 Å². The van der Waals surface area contributed by atoms with Crippen LogP contribution in [0.2, 0.25) is 5.02 Å². The maximum atomic E-state index is 12.4. The predicted octanol–water partition coefficient (Wildman–Crippen LogP) is 3.21. The van der Waals surface area contributed by atoms with Gasteiger partial charge in [0, 0.05) is 18.1 Å². The van der Waals surface area contributed by atoms with Gasteiger partial charge in [-0.25, -0.2) is 4.68 Å². The van der Waals surface area contributed by atoms with E-state index in [2.05, 4.69) is 10.1 Å². The number of carbonyl (C=O) groups excluding carboxylic acids is 1. The fourth-order valence-corrected chi connectivity index (χ4v) is 2.88. The van der Waals surface area contributed by atoms with Gasteiger partial charge in [-0.1, -0.05) is 17.7 Å². The van der Waals surface area contributed by atoms with Crippen LogP contribution >= 0.6 is 23.8 Å². The molecule has 0 radical (unpaired) electrons. The number of nitrogens with one attached hydrogen (secondary N) is 1. The second kappa shape index (κ2) is 5.99. The van der Waals surface area contributed by atoms with Crippen LogP contribution < -0.4 is 0 Å². The highest BCUT2D eigenvalue weighted by Gasteiger charge is 2.21. The number of hydrogen-bond donors (Lipinski definition) is 1. The molecule has 2 heterocycles. The normalized spacial score (nSPS) is 15.2. The molecule has 1 aromatic carbocycles. The Morgan fingerprint density at radius 3 is 2.76 bits per heavy atom. The summed E-state index contributed by atoms with van der Waals surface area (Å²) in [4.78, 5) is 18.4. The average Bonchev–Trinajstić information content (AvgIpc) is 2.89. The fourth-order valence-electron chi connectivity index (χ4n) is 2.46. The maximum absolute atomic E-state index is 12.4. The summed E-state index contributed by atoms with van der Waals surface area (Å²) in [7, 11) is 0. The van der Waals surface area contributed by atoms with Crippen molar-refractivity contribution in [2.45, 2.75) is 19.3 Å². The Labute approximate surface area is 132 Å². The van der Waals surface area contributed by atoms with Crippen molar-refractivity contribution < 1.29 is 4.79 Å². The second-order valence-electron chi connectivity index (χ2n) is 5.02. The number of halogens is 1. The highest BCUT2D eigenvalue weighted by Crippen LogP contribution is 2.16. The van der Waals surface area contributed by atoms with Crippen molar-refractivity contribution in [3.63, 3.8) is 0 Å². The Morgan fingerprint density at radius 2 is 2.05 bits per heavy atom. The van der Waals surface area contributed by atoms with Crippen LogP contribution in [-0.2, 0) is 0 Å². The van der Waals surface area contributed by atoms with Gasteiger partial charge in [-0.3, -0.25) is 9.89 Å². The summed E-state index contributed by atoms with van der Waals surface area (Å²) in [5, 5.41) is 3.58. The molecular weight excluding hydrogens is 308 g/mol. The van der Waals surface area contributed by atoms with E-state index < -0.39 is 0 Å². The Hall–Kier alpha value is -1.66. The molecule has 0 atom stereocenters. The van der Waals surface area contributed by atoms with E-state index in [1.54, 1.807) is 16.8 Å². The average molecular weight is 323 g/mol. The number of H-pyrrole nitrogens is 1. The molecule has 1 amide bonds. The van der Waals surface area contributed by atoms with Crippen molar-refractivity contribution in [3.8, 4) is 5.69 Å². The van der Waals surface area contributed by atoms with Crippen molar-refractivity contribution in [1.29, 1.82) is 0 Å². The number of aromatic amines is 1. The molecule has 0 saturated carbocycles. The minimum Gasteiger partial charge on any atom is -0.336 e. The van der Waals surface area contributed by atoms with Gasteiger partial charge in [-0.05, 0) is 49.7 Å². The molecule has 2 aromatic rings. The first-order valence-corrected chi connectivity index (χ1v) is 7.68. The van der Waals surface area contributed by atoms with Gasteiger partial charge in [0.15, 0.2) is 0 Å². The molecule has 0 unspecified atom stereocenters. The molecule has 0 aliphatic carbocycles. The lowest BCUT2D eigenvalue weighted by Crippen LogP contribution is -2.36. The van der Waals surface area contributed by atoms with Crippen LogP contribution in [0.3, 0.4) is 0 Å². The SMILES string of the molecule is O=C(c1nc(=S)n(-c2cccc(Cl)c2)[nH]1)N1CCCCC1. The summed E-state index contributed by atoms with van der Waals surface area (Å²) in [5.41, 5.74) is 0.762. The third-order valence-electron chi connectivity index (χ3n) is 3.53. The number of rotatable bonds is 2. The molecule has 3 rings (SSSR count). The first-order chi connectivity index (χ1) is 10.1. The largest absolute Gasteiger partial charge is 0.336 e. The highest BCUT2D eigenvalue weighted by molar-refractivity contribution is 7.71. The smallest absolute Gasteiger partial charge is 0.291 e. The van der Waals surface area contributed by atoms with Gasteiger partial charge in [-0.2, -0.15) is 4.98 Å². The zero-order valence-electron chi connectivity index (χ0n) is 11.4. The van der Waals surface area contributed by atoms with Crippen LogP contribution in [0.15, 0.2) is 24.3 Å². The third-order valence-corrected chi connectivity index (χ3v) is 4.04. The molecule has 1 fully saturated rings. The molecule has 1 saturated heterocycles. The van der Waals surface area contributed by atoms with Gasteiger partial charge in [0.1, 0.15) is 0 Å². The molecule has 1 N–H and O–H groups in total. The van der Waals surface area contributed by atoms with E-state index in [9.17, 15) is 4.79 Å². The topological polar surface area (TPSA) is 53.9 Å². The first kappa shape index (κ1) is 14.3. The van der Waals surface area contributed by atoms with Crippen LogP contribution in [-0.4, -0.2) is 38.7 Å². The lowest BCUT2D eigenvalue weighted by Gasteiger charge is -2.25. The first-order valence-electron chi connectivity index (χ1n) is 6.89. The van der Waals surface area contributed by atoms with Gasteiger partial charge in [0.25, 0.3) is 5.91 Å². The van der Waals surface area contributed by atoms with Crippen molar-refractivity contribution in [2.75, 3.05) is 13.1 Å². The third kappa shape index (κ3) is 3.01. The predicted molar refractivity (Wildman–Crippen MR) is 83.5 cm³/mol. The van der Waals surface area contributed by atoms with Gasteiger partial charge >= 0.3 is 0 Å². The number of hydrogen-bond acceptors (Lipinski definition) is 3. The molecule has 0 bridgehead atoms. The lowest BCUT2D eigenvalue weighted by molar-refractivity contribution is 0.0712. The van der Waals surface area contributed by atoms with E-state index in [4.69, 9.17) is 23.8 Å². The van der Waals surface area contributed by atoms with Crippen LogP contribution in [0.5, 0.6) is 0 Å². The second-order valence-corrected chi connectivity index (χ2v) is 5.82. The molecule has 0 spiro atoms. The number of aromatic nitrogens is 3. The fraction of sp³-hybridized carbons (Fsp3) is 0.357. The van der Waals surface area contributed by atoms with Gasteiger partial charge in [-0.15, -0.1) is 0 Å². The molecule has 5 nitrogen and oxygen atoms in total. The van der Waals surface area contributed by atoms with E-state index in [0.29, 0.717) is 9.79 Å². The van der Waals surface area contributed by atoms with Gasteiger partial charge in [0.05, 0.1) is 5.69 Å². The van der Waals surface area contributed by atoms with Gasteiger partial charge in [0.2, 0.25) is 10.6 Å². The summed E-state index contributed by atoms with van der Waals surface area (Å²) in [6, 6.07) is 7.23. The van der Waals surface area contributed by atoms with Gasteiger partial charge < -0.3 is 4.90 Å². The van der Waals surface area contributed by atoms with Crippen LogP contribution in [0.1, 0.15) is 29.9 Å². The molecule has 1 aliphatic heterocycles. The monoisotopic (exact) mass is 322 g/mol. The Morgan fingerprint density at radius 1 is 1.29 bits per heavy atom. The van der Waals surface area contributed by atoms with E-state index in [1.165, 1.54) is 6.42 Å². The molecule has 21 heavy (non-hydrogen) atoms. The number of likely N-dealkylation sites (tertiary alicyclic amines) is 1. The van der Waals surface area contributed by atoms with E-state index in [-0.39, 0.29) is 11.7 Å². The summed E-state index contributed by atoms with van der Waals surface area (Å²) >= 11 is 11.2.